The van der Waals surface area contributed by atoms with Crippen molar-refractivity contribution in [3.63, 3.8) is 0 Å². The Morgan fingerprint density at radius 3 is 2.89 bits per heavy atom. The Kier molecular flexibility index (Phi) is 5.40. The van der Waals surface area contributed by atoms with E-state index in [0.29, 0.717) is 32.7 Å². The highest BCUT2D eigenvalue weighted by Gasteiger charge is 2.29. The van der Waals surface area contributed by atoms with Gasteiger partial charge in [0.25, 0.3) is 0 Å². The zero-order valence-electron chi connectivity index (χ0n) is 15.7. The van der Waals surface area contributed by atoms with Gasteiger partial charge in [0, 0.05) is 44.5 Å². The highest BCUT2D eigenvalue weighted by atomic mass is 16.5. The largest absolute Gasteiger partial charge is 0.496 e. The zero-order chi connectivity index (χ0) is 18.6. The van der Waals surface area contributed by atoms with Crippen LogP contribution in [0, 0.1) is 0 Å². The van der Waals surface area contributed by atoms with Crippen molar-refractivity contribution in [1.29, 1.82) is 0 Å². The van der Waals surface area contributed by atoms with Crippen LogP contribution in [-0.4, -0.2) is 65.4 Å². The van der Waals surface area contributed by atoms with Crippen molar-refractivity contribution in [2.24, 2.45) is 0 Å². The van der Waals surface area contributed by atoms with Crippen LogP contribution in [0.5, 0.6) is 5.75 Å². The van der Waals surface area contributed by atoms with E-state index in [1.54, 1.807) is 7.11 Å². The average Bonchev–Trinajstić information content (AvgIpc) is 3.18. The van der Waals surface area contributed by atoms with Gasteiger partial charge >= 0.3 is 0 Å². The molecule has 0 radical (unpaired) electrons. The highest BCUT2D eigenvalue weighted by Crippen LogP contribution is 2.27. The van der Waals surface area contributed by atoms with Crippen LogP contribution in [0.4, 0.5) is 0 Å². The number of fused-ring (bicyclic) bond motifs is 1. The number of morpholine rings is 1. The molecule has 0 spiro atoms. The smallest absolute Gasteiger partial charge is 0.224 e. The molecular weight excluding hydrogens is 344 g/mol. The minimum Gasteiger partial charge on any atom is -0.496 e. The third kappa shape index (κ3) is 3.99. The predicted octanol–water partition coefficient (Wildman–Crippen LogP) is 1.70. The molecular formula is C20H26N4O3. The van der Waals surface area contributed by atoms with E-state index in [0.717, 1.165) is 36.6 Å². The molecule has 0 saturated carbocycles. The molecule has 1 saturated heterocycles. The Bertz CT molecular complexity index is 785. The topological polar surface area (TPSA) is 59.8 Å². The summed E-state index contributed by atoms with van der Waals surface area (Å²) < 4.78 is 12.9. The fourth-order valence-electron chi connectivity index (χ4n) is 3.95. The van der Waals surface area contributed by atoms with E-state index in [2.05, 4.69) is 16.1 Å². The van der Waals surface area contributed by atoms with Crippen LogP contribution in [0.25, 0.3) is 0 Å². The molecule has 1 aromatic heterocycles. The summed E-state index contributed by atoms with van der Waals surface area (Å²) in [5.74, 6) is 1.08. The quantitative estimate of drug-likeness (QED) is 0.802. The number of benzene rings is 1. The molecule has 7 heteroatoms. The van der Waals surface area contributed by atoms with Crippen molar-refractivity contribution in [2.45, 2.75) is 25.6 Å². The van der Waals surface area contributed by atoms with Crippen LogP contribution in [-0.2, 0) is 22.6 Å². The molecule has 27 heavy (non-hydrogen) atoms. The van der Waals surface area contributed by atoms with Crippen LogP contribution >= 0.6 is 0 Å². The number of aromatic nitrogens is 2. The molecule has 0 unspecified atom stereocenters. The number of hydrogen-bond acceptors (Lipinski definition) is 5. The third-order valence-electron chi connectivity index (χ3n) is 5.31. The van der Waals surface area contributed by atoms with Gasteiger partial charge in [-0.15, -0.1) is 0 Å². The maximum absolute atomic E-state index is 12.8. The molecule has 0 N–H and O–H groups in total. The normalized spacial score (nSPS) is 20.3. The number of carbonyl (C=O) groups is 1. The molecule has 1 aromatic carbocycles. The van der Waals surface area contributed by atoms with Crippen molar-refractivity contribution >= 4 is 5.91 Å². The molecule has 2 aromatic rings. The SMILES string of the molecule is COc1ccccc1CN1Cc2ccnn2[C@@H](CC(=O)N2CCOCC2)C1. The molecule has 3 heterocycles. The van der Waals surface area contributed by atoms with E-state index in [1.165, 1.54) is 0 Å². The molecule has 1 atom stereocenters. The van der Waals surface area contributed by atoms with Crippen LogP contribution in [0.2, 0.25) is 0 Å². The fourth-order valence-corrected chi connectivity index (χ4v) is 3.95. The molecule has 2 aliphatic rings. The van der Waals surface area contributed by atoms with Crippen molar-refractivity contribution in [3.05, 3.63) is 47.8 Å². The monoisotopic (exact) mass is 370 g/mol. The molecule has 0 aliphatic carbocycles. The summed E-state index contributed by atoms with van der Waals surface area (Å²) in [5.41, 5.74) is 2.31. The molecule has 4 rings (SSSR count). The summed E-state index contributed by atoms with van der Waals surface area (Å²) in [7, 11) is 1.70. The van der Waals surface area contributed by atoms with Crippen molar-refractivity contribution in [2.75, 3.05) is 40.0 Å². The van der Waals surface area contributed by atoms with Crippen LogP contribution in [0.3, 0.4) is 0 Å². The lowest BCUT2D eigenvalue weighted by molar-refractivity contribution is -0.136. The minimum atomic E-state index is 0.0498. The average molecular weight is 370 g/mol. The van der Waals surface area contributed by atoms with Gasteiger partial charge in [0.2, 0.25) is 5.91 Å². The summed E-state index contributed by atoms with van der Waals surface area (Å²) in [6.07, 6.45) is 2.30. The number of hydrogen-bond donors (Lipinski definition) is 0. The first kappa shape index (κ1) is 18.0. The number of para-hydroxylation sites is 1. The summed E-state index contributed by atoms with van der Waals surface area (Å²) in [6.45, 7) is 5.03. The Morgan fingerprint density at radius 1 is 1.26 bits per heavy atom. The van der Waals surface area contributed by atoms with Gasteiger partial charge in [-0.2, -0.15) is 5.10 Å². The van der Waals surface area contributed by atoms with E-state index in [4.69, 9.17) is 9.47 Å². The van der Waals surface area contributed by atoms with Crippen LogP contribution in [0.1, 0.15) is 23.7 Å². The standard InChI is InChI=1S/C20H26N4O3/c1-26-19-5-3-2-4-16(19)13-22-14-17-6-7-21-24(17)18(15-22)12-20(25)23-8-10-27-11-9-23/h2-7,18H,8-15H2,1H3/t18-/m0/s1. The Morgan fingerprint density at radius 2 is 2.07 bits per heavy atom. The van der Waals surface area contributed by atoms with E-state index in [1.807, 2.05) is 40.0 Å². The van der Waals surface area contributed by atoms with Gasteiger partial charge in [0.15, 0.2) is 0 Å². The second-order valence-corrected chi connectivity index (χ2v) is 7.10. The van der Waals surface area contributed by atoms with Crippen molar-refractivity contribution in [1.82, 2.24) is 19.6 Å². The van der Waals surface area contributed by atoms with E-state index in [9.17, 15) is 4.79 Å². The summed E-state index contributed by atoms with van der Waals surface area (Å²) in [4.78, 5) is 17.0. The lowest BCUT2D eigenvalue weighted by Gasteiger charge is -2.35. The number of ether oxygens (including phenoxy) is 2. The van der Waals surface area contributed by atoms with Gasteiger partial charge in [0.1, 0.15) is 5.75 Å². The Labute approximate surface area is 159 Å². The second-order valence-electron chi connectivity index (χ2n) is 7.10. The van der Waals surface area contributed by atoms with Gasteiger partial charge < -0.3 is 14.4 Å². The highest BCUT2D eigenvalue weighted by molar-refractivity contribution is 5.76. The minimum absolute atomic E-state index is 0.0498. The summed E-state index contributed by atoms with van der Waals surface area (Å²) >= 11 is 0. The van der Waals surface area contributed by atoms with E-state index < -0.39 is 0 Å². The van der Waals surface area contributed by atoms with E-state index >= 15 is 0 Å². The number of carbonyl (C=O) groups excluding carboxylic acids is 1. The first-order valence-corrected chi connectivity index (χ1v) is 9.47. The fraction of sp³-hybridized carbons (Fsp3) is 0.500. The lowest BCUT2D eigenvalue weighted by Crippen LogP contribution is -2.44. The number of rotatable bonds is 5. The lowest BCUT2D eigenvalue weighted by atomic mass is 10.1. The molecule has 0 bridgehead atoms. The first-order chi connectivity index (χ1) is 13.2. The first-order valence-electron chi connectivity index (χ1n) is 9.47. The van der Waals surface area contributed by atoms with Crippen molar-refractivity contribution in [3.8, 4) is 5.75 Å². The Balaban J connectivity index is 1.48. The van der Waals surface area contributed by atoms with Gasteiger partial charge in [-0.05, 0) is 12.1 Å². The molecule has 144 valence electrons. The second kappa shape index (κ2) is 8.10. The predicted molar refractivity (Wildman–Crippen MR) is 100 cm³/mol. The van der Waals surface area contributed by atoms with Crippen LogP contribution < -0.4 is 4.74 Å². The zero-order valence-corrected chi connectivity index (χ0v) is 15.7. The van der Waals surface area contributed by atoms with Gasteiger partial charge in [-0.3, -0.25) is 14.4 Å². The maximum atomic E-state index is 12.8. The maximum Gasteiger partial charge on any atom is 0.224 e. The van der Waals surface area contributed by atoms with Gasteiger partial charge in [0.05, 0.1) is 38.5 Å². The number of amides is 1. The van der Waals surface area contributed by atoms with Crippen molar-refractivity contribution < 1.29 is 14.3 Å². The third-order valence-corrected chi connectivity index (χ3v) is 5.31. The van der Waals surface area contributed by atoms with Crippen LogP contribution in [0.15, 0.2) is 36.5 Å². The molecule has 7 nitrogen and oxygen atoms in total. The summed E-state index contributed by atoms with van der Waals surface area (Å²) in [6, 6.07) is 10.2. The van der Waals surface area contributed by atoms with Gasteiger partial charge in [-0.1, -0.05) is 18.2 Å². The summed E-state index contributed by atoms with van der Waals surface area (Å²) in [5, 5.41) is 4.48. The number of methoxy groups -OCH3 is 1. The van der Waals surface area contributed by atoms with E-state index in [-0.39, 0.29) is 11.9 Å². The molecule has 1 fully saturated rings. The Hall–Kier alpha value is -2.38. The number of nitrogens with zero attached hydrogens (tertiary/aromatic N) is 4. The van der Waals surface area contributed by atoms with Gasteiger partial charge in [-0.25, -0.2) is 0 Å². The molecule has 1 amide bonds. The molecule has 2 aliphatic heterocycles.